The van der Waals surface area contributed by atoms with Gasteiger partial charge in [0, 0.05) is 18.0 Å². The molecular formula is C12H16ClN. The van der Waals surface area contributed by atoms with Crippen LogP contribution < -0.4 is 5.73 Å². The van der Waals surface area contributed by atoms with E-state index in [9.17, 15) is 0 Å². The zero-order chi connectivity index (χ0) is 10.6. The Bertz CT molecular complexity index is 314. The summed E-state index contributed by atoms with van der Waals surface area (Å²) >= 11 is 5.70. The van der Waals surface area contributed by atoms with E-state index in [0.717, 1.165) is 5.57 Å². The van der Waals surface area contributed by atoms with E-state index in [1.807, 2.05) is 0 Å². The molecule has 1 nitrogen and oxygen atoms in total. The van der Waals surface area contributed by atoms with E-state index >= 15 is 0 Å². The summed E-state index contributed by atoms with van der Waals surface area (Å²) in [6, 6.07) is 8.45. The van der Waals surface area contributed by atoms with Crippen LogP contribution in [-0.2, 0) is 0 Å². The number of benzene rings is 1. The molecule has 0 aliphatic rings. The molecule has 0 bridgehead atoms. The molecule has 1 unspecified atom stereocenters. The fourth-order valence-electron chi connectivity index (χ4n) is 1.39. The van der Waals surface area contributed by atoms with E-state index in [4.69, 9.17) is 17.3 Å². The highest BCUT2D eigenvalue weighted by Gasteiger charge is 2.08. The van der Waals surface area contributed by atoms with Crippen LogP contribution in [-0.4, -0.2) is 6.54 Å². The van der Waals surface area contributed by atoms with E-state index in [1.165, 1.54) is 11.1 Å². The minimum absolute atomic E-state index is 0.304. The van der Waals surface area contributed by atoms with Crippen molar-refractivity contribution in [3.63, 3.8) is 0 Å². The Hall–Kier alpha value is -0.790. The van der Waals surface area contributed by atoms with Crippen molar-refractivity contribution in [3.05, 3.63) is 46.5 Å². The Morgan fingerprint density at radius 3 is 2.43 bits per heavy atom. The summed E-state index contributed by atoms with van der Waals surface area (Å²) in [5, 5.41) is 0. The Labute approximate surface area is 90.6 Å². The summed E-state index contributed by atoms with van der Waals surface area (Å²) < 4.78 is 0. The highest BCUT2D eigenvalue weighted by molar-refractivity contribution is 6.25. The van der Waals surface area contributed by atoms with Crippen LogP contribution in [0.5, 0.6) is 0 Å². The second-order valence-electron chi connectivity index (χ2n) is 3.52. The maximum absolute atomic E-state index is 5.70. The van der Waals surface area contributed by atoms with Gasteiger partial charge in [-0.2, -0.15) is 0 Å². The van der Waals surface area contributed by atoms with Crippen molar-refractivity contribution in [3.8, 4) is 0 Å². The Balaban J connectivity index is 2.89. The number of hydrogen-bond donors (Lipinski definition) is 1. The molecule has 1 aromatic carbocycles. The molecule has 0 amide bonds. The molecule has 0 aliphatic heterocycles. The molecule has 2 heteroatoms. The highest BCUT2D eigenvalue weighted by Crippen LogP contribution is 2.23. The topological polar surface area (TPSA) is 26.0 Å². The van der Waals surface area contributed by atoms with Gasteiger partial charge in [-0.05, 0) is 18.1 Å². The minimum Gasteiger partial charge on any atom is -0.327 e. The summed E-state index contributed by atoms with van der Waals surface area (Å²) in [6.07, 6.45) is 0. The molecule has 1 atom stereocenters. The Morgan fingerprint density at radius 2 is 2.00 bits per heavy atom. The molecule has 0 saturated heterocycles. The third-order valence-corrected chi connectivity index (χ3v) is 2.79. The van der Waals surface area contributed by atoms with Crippen LogP contribution in [0.15, 0.2) is 35.4 Å². The smallest absolute Gasteiger partial charge is 0.0154 e. The second-order valence-corrected chi connectivity index (χ2v) is 3.74. The lowest BCUT2D eigenvalue weighted by Crippen LogP contribution is -2.09. The van der Waals surface area contributed by atoms with Crippen LogP contribution in [0.1, 0.15) is 24.0 Å². The lowest BCUT2D eigenvalue weighted by molar-refractivity contribution is 0.859. The van der Waals surface area contributed by atoms with Crippen LogP contribution >= 0.6 is 11.6 Å². The predicted molar refractivity (Wildman–Crippen MR) is 62.6 cm³/mol. The first kappa shape index (κ1) is 11.3. The second kappa shape index (κ2) is 5.18. The number of nitrogens with two attached hydrogens (primary N) is 1. The zero-order valence-electron chi connectivity index (χ0n) is 8.63. The first-order valence-electron chi connectivity index (χ1n) is 4.74. The van der Waals surface area contributed by atoms with Crippen molar-refractivity contribution in [2.75, 3.05) is 6.54 Å². The van der Waals surface area contributed by atoms with Crippen LogP contribution in [0.4, 0.5) is 0 Å². The van der Waals surface area contributed by atoms with Gasteiger partial charge in [-0.3, -0.25) is 0 Å². The maximum atomic E-state index is 5.70. The largest absolute Gasteiger partial charge is 0.327 e. The van der Waals surface area contributed by atoms with Gasteiger partial charge < -0.3 is 5.73 Å². The van der Waals surface area contributed by atoms with Gasteiger partial charge in [-0.15, -0.1) is 0 Å². The molecule has 0 aliphatic carbocycles. The molecular weight excluding hydrogens is 194 g/mol. The summed E-state index contributed by atoms with van der Waals surface area (Å²) in [6.45, 7) is 4.71. The van der Waals surface area contributed by atoms with Crippen molar-refractivity contribution < 1.29 is 0 Å². The number of hydrogen-bond acceptors (Lipinski definition) is 1. The number of aryl methyl sites for hydroxylation is 1. The molecule has 0 spiro atoms. The van der Waals surface area contributed by atoms with Crippen LogP contribution in [0, 0.1) is 6.92 Å². The summed E-state index contributed by atoms with van der Waals surface area (Å²) in [5.74, 6) is 0.304. The minimum atomic E-state index is 0.304. The molecule has 0 saturated carbocycles. The molecule has 1 rings (SSSR count). The molecule has 0 heterocycles. The molecule has 0 fully saturated rings. The third kappa shape index (κ3) is 2.60. The van der Waals surface area contributed by atoms with E-state index in [1.54, 1.807) is 5.54 Å². The van der Waals surface area contributed by atoms with E-state index < -0.39 is 0 Å². The van der Waals surface area contributed by atoms with Gasteiger partial charge in [0.1, 0.15) is 0 Å². The number of halogens is 1. The molecule has 0 aromatic heterocycles. The zero-order valence-corrected chi connectivity index (χ0v) is 9.38. The molecule has 1 aromatic rings. The summed E-state index contributed by atoms with van der Waals surface area (Å²) in [5.41, 5.74) is 10.8. The lowest BCUT2D eigenvalue weighted by atomic mass is 9.93. The van der Waals surface area contributed by atoms with E-state index in [2.05, 4.69) is 38.1 Å². The van der Waals surface area contributed by atoms with Gasteiger partial charge in [0.2, 0.25) is 0 Å². The predicted octanol–water partition coefficient (Wildman–Crippen LogP) is 3.18. The van der Waals surface area contributed by atoms with Gasteiger partial charge in [-0.1, -0.05) is 48.4 Å². The van der Waals surface area contributed by atoms with Gasteiger partial charge in [-0.25, -0.2) is 0 Å². The normalized spacial score (nSPS) is 14.1. The van der Waals surface area contributed by atoms with Gasteiger partial charge in [0.15, 0.2) is 0 Å². The standard InChI is InChI=1S/C12H16ClN/c1-9-3-5-11(6-4-9)10(2)12(7-13)8-14/h3-7,10H,8,14H2,1-2H3/b12-7-. The average Bonchev–Trinajstić information content (AvgIpc) is 2.20. The van der Waals surface area contributed by atoms with E-state index in [-0.39, 0.29) is 0 Å². The Kier molecular flexibility index (Phi) is 4.18. The quantitative estimate of drug-likeness (QED) is 0.813. The monoisotopic (exact) mass is 209 g/mol. The van der Waals surface area contributed by atoms with Crippen molar-refractivity contribution in [2.24, 2.45) is 5.73 Å². The molecule has 76 valence electrons. The average molecular weight is 210 g/mol. The van der Waals surface area contributed by atoms with Crippen LogP contribution in [0.3, 0.4) is 0 Å². The van der Waals surface area contributed by atoms with Gasteiger partial charge in [0.05, 0.1) is 0 Å². The van der Waals surface area contributed by atoms with Crippen molar-refractivity contribution in [1.82, 2.24) is 0 Å². The summed E-state index contributed by atoms with van der Waals surface area (Å²) in [4.78, 5) is 0. The van der Waals surface area contributed by atoms with Gasteiger partial charge in [0.25, 0.3) is 0 Å². The van der Waals surface area contributed by atoms with Crippen molar-refractivity contribution >= 4 is 11.6 Å². The fraction of sp³-hybridized carbons (Fsp3) is 0.333. The van der Waals surface area contributed by atoms with Crippen LogP contribution in [0.2, 0.25) is 0 Å². The fourth-order valence-corrected chi connectivity index (χ4v) is 1.66. The third-order valence-electron chi connectivity index (χ3n) is 2.51. The molecule has 0 radical (unpaired) electrons. The first-order chi connectivity index (χ1) is 6.69. The Morgan fingerprint density at radius 1 is 1.43 bits per heavy atom. The van der Waals surface area contributed by atoms with Crippen molar-refractivity contribution in [1.29, 1.82) is 0 Å². The van der Waals surface area contributed by atoms with Gasteiger partial charge >= 0.3 is 0 Å². The molecule has 14 heavy (non-hydrogen) atoms. The SMILES string of the molecule is Cc1ccc(C(C)/C(=C\Cl)CN)cc1. The first-order valence-corrected chi connectivity index (χ1v) is 5.18. The highest BCUT2D eigenvalue weighted by atomic mass is 35.5. The molecule has 2 N–H and O–H groups in total. The maximum Gasteiger partial charge on any atom is 0.0154 e. The summed E-state index contributed by atoms with van der Waals surface area (Å²) in [7, 11) is 0. The lowest BCUT2D eigenvalue weighted by Gasteiger charge is -2.14. The van der Waals surface area contributed by atoms with Crippen molar-refractivity contribution in [2.45, 2.75) is 19.8 Å². The number of rotatable bonds is 3. The van der Waals surface area contributed by atoms with E-state index in [0.29, 0.717) is 12.5 Å². The van der Waals surface area contributed by atoms with Crippen LogP contribution in [0.25, 0.3) is 0 Å².